The van der Waals surface area contributed by atoms with Crippen molar-refractivity contribution in [3.05, 3.63) is 52.0 Å². The highest BCUT2D eigenvalue weighted by Gasteiger charge is 2.14. The lowest BCUT2D eigenvalue weighted by molar-refractivity contribution is 0.102. The van der Waals surface area contributed by atoms with E-state index in [1.54, 1.807) is 0 Å². The van der Waals surface area contributed by atoms with Gasteiger partial charge in [0.1, 0.15) is 11.5 Å². The van der Waals surface area contributed by atoms with Gasteiger partial charge in [0, 0.05) is 22.8 Å². The average Bonchev–Trinajstić information content (AvgIpc) is 2.73. The Morgan fingerprint density at radius 1 is 1.11 bits per heavy atom. The molecule has 0 radical (unpaired) electrons. The number of H-pyrrole nitrogens is 1. The molecule has 0 unspecified atom stereocenters. The highest BCUT2D eigenvalue weighted by atomic mass is 79.9. The molecule has 2 N–H and O–H groups in total. The quantitative estimate of drug-likeness (QED) is 0.818. The van der Waals surface area contributed by atoms with E-state index in [1.165, 1.54) is 12.3 Å². The topological polar surface area (TPSA) is 44.9 Å². The van der Waals surface area contributed by atoms with E-state index in [0.29, 0.717) is 16.6 Å². The summed E-state index contributed by atoms with van der Waals surface area (Å²) < 4.78 is 39.5. The summed E-state index contributed by atoms with van der Waals surface area (Å²) in [6.07, 6.45) is 1.51. The molecule has 0 bridgehead atoms. The molecule has 0 saturated carbocycles. The fraction of sp³-hybridized carbons (Fsp3) is 0. The maximum atomic E-state index is 13.3. The normalized spacial score (nSPS) is 10.4. The molecule has 0 spiro atoms. The summed E-state index contributed by atoms with van der Waals surface area (Å²) in [7, 11) is 0. The van der Waals surface area contributed by atoms with Crippen molar-refractivity contribution in [2.24, 2.45) is 0 Å². The monoisotopic (exact) mass is 318 g/mol. The van der Waals surface area contributed by atoms with E-state index in [-0.39, 0.29) is 5.69 Å². The maximum absolute atomic E-state index is 13.3. The molecule has 0 fully saturated rings. The predicted molar refractivity (Wildman–Crippen MR) is 62.8 cm³/mol. The van der Waals surface area contributed by atoms with Gasteiger partial charge >= 0.3 is 0 Å². The minimum atomic E-state index is -1.31. The van der Waals surface area contributed by atoms with Crippen molar-refractivity contribution in [2.45, 2.75) is 0 Å². The molecule has 7 heteroatoms. The van der Waals surface area contributed by atoms with Crippen molar-refractivity contribution in [1.82, 2.24) is 4.98 Å². The summed E-state index contributed by atoms with van der Waals surface area (Å²) in [6, 6.07) is 2.42. The number of hydrogen-bond donors (Lipinski definition) is 2. The number of nitrogens with one attached hydrogen (secondary N) is 2. The van der Waals surface area contributed by atoms with Crippen LogP contribution >= 0.6 is 15.9 Å². The molecule has 0 aliphatic rings. The summed E-state index contributed by atoms with van der Waals surface area (Å²) in [5.41, 5.74) is -0.268. The van der Waals surface area contributed by atoms with E-state index in [2.05, 4.69) is 26.2 Å². The van der Waals surface area contributed by atoms with Crippen LogP contribution < -0.4 is 5.32 Å². The number of hydrogen-bond acceptors (Lipinski definition) is 1. The lowest BCUT2D eigenvalue weighted by Crippen LogP contribution is -2.13. The SMILES string of the molecule is O=C(Nc1cc(F)c(F)cc1F)c1cc(Br)c[nH]1. The zero-order valence-electron chi connectivity index (χ0n) is 8.73. The number of benzene rings is 1. The maximum Gasteiger partial charge on any atom is 0.272 e. The van der Waals surface area contributed by atoms with Gasteiger partial charge < -0.3 is 10.3 Å². The third kappa shape index (κ3) is 2.56. The van der Waals surface area contributed by atoms with Crippen LogP contribution in [-0.4, -0.2) is 10.9 Å². The Morgan fingerprint density at radius 3 is 2.39 bits per heavy atom. The van der Waals surface area contributed by atoms with Crippen LogP contribution in [0.25, 0.3) is 0 Å². The predicted octanol–water partition coefficient (Wildman–Crippen LogP) is 3.45. The van der Waals surface area contributed by atoms with Gasteiger partial charge in [-0.3, -0.25) is 4.79 Å². The van der Waals surface area contributed by atoms with Gasteiger partial charge in [0.15, 0.2) is 11.6 Å². The number of halogens is 4. The Bertz CT molecular complexity index is 612. The molecule has 1 amide bonds. The van der Waals surface area contributed by atoms with Crippen molar-refractivity contribution in [3.8, 4) is 0 Å². The van der Waals surface area contributed by atoms with Crippen LogP contribution in [0.5, 0.6) is 0 Å². The van der Waals surface area contributed by atoms with E-state index < -0.39 is 29.0 Å². The molecule has 2 aromatic rings. The summed E-state index contributed by atoms with van der Waals surface area (Å²) in [6.45, 7) is 0. The van der Waals surface area contributed by atoms with E-state index in [0.717, 1.165) is 0 Å². The lowest BCUT2D eigenvalue weighted by atomic mass is 10.2. The Hall–Kier alpha value is -1.76. The van der Waals surface area contributed by atoms with Crippen LogP contribution in [0.3, 0.4) is 0 Å². The fourth-order valence-electron chi connectivity index (χ4n) is 1.31. The Morgan fingerprint density at radius 2 is 1.78 bits per heavy atom. The average molecular weight is 319 g/mol. The van der Waals surface area contributed by atoms with Gasteiger partial charge in [0.05, 0.1) is 5.69 Å². The lowest BCUT2D eigenvalue weighted by Gasteiger charge is -2.05. The van der Waals surface area contributed by atoms with Crippen molar-refractivity contribution < 1.29 is 18.0 Å². The highest BCUT2D eigenvalue weighted by molar-refractivity contribution is 9.10. The number of aromatic amines is 1. The summed E-state index contributed by atoms with van der Waals surface area (Å²) in [4.78, 5) is 14.3. The standard InChI is InChI=1S/C11H6BrF3N2O/c12-5-1-10(16-4-5)11(18)17-9-3-7(14)6(13)2-8(9)15/h1-4,16H,(H,17,18). The molecule has 1 heterocycles. The van der Waals surface area contributed by atoms with Crippen LogP contribution in [0.15, 0.2) is 28.9 Å². The van der Waals surface area contributed by atoms with Crippen molar-refractivity contribution in [2.75, 3.05) is 5.32 Å². The first-order valence-electron chi connectivity index (χ1n) is 4.77. The summed E-state index contributed by atoms with van der Waals surface area (Å²) in [5.74, 6) is -4.26. The molecule has 3 nitrogen and oxygen atoms in total. The first kappa shape index (κ1) is 12.7. The molecule has 18 heavy (non-hydrogen) atoms. The van der Waals surface area contributed by atoms with E-state index in [4.69, 9.17) is 0 Å². The molecule has 0 saturated heterocycles. The largest absolute Gasteiger partial charge is 0.356 e. The molecule has 1 aromatic carbocycles. The fourth-order valence-corrected chi connectivity index (χ4v) is 1.65. The highest BCUT2D eigenvalue weighted by Crippen LogP contribution is 2.19. The zero-order chi connectivity index (χ0) is 13.3. The van der Waals surface area contributed by atoms with Crippen LogP contribution in [0.1, 0.15) is 10.5 Å². The van der Waals surface area contributed by atoms with E-state index >= 15 is 0 Å². The third-order valence-corrected chi connectivity index (χ3v) is 2.61. The van der Waals surface area contributed by atoms with Crippen LogP contribution in [-0.2, 0) is 0 Å². The molecular formula is C11H6BrF3N2O. The minimum absolute atomic E-state index is 0.158. The van der Waals surface area contributed by atoms with Crippen LogP contribution in [0, 0.1) is 17.5 Å². The van der Waals surface area contributed by atoms with Gasteiger partial charge in [-0.2, -0.15) is 0 Å². The molecular weight excluding hydrogens is 313 g/mol. The molecule has 0 aliphatic carbocycles. The van der Waals surface area contributed by atoms with Crippen LogP contribution in [0.2, 0.25) is 0 Å². The molecule has 1 aromatic heterocycles. The second-order valence-corrected chi connectivity index (χ2v) is 4.35. The Labute approximate surface area is 108 Å². The van der Waals surface area contributed by atoms with Crippen molar-refractivity contribution in [3.63, 3.8) is 0 Å². The number of amides is 1. The van der Waals surface area contributed by atoms with Gasteiger partial charge in [-0.1, -0.05) is 0 Å². The summed E-state index contributed by atoms with van der Waals surface area (Å²) in [5, 5.41) is 2.14. The van der Waals surface area contributed by atoms with Gasteiger partial charge in [0.25, 0.3) is 5.91 Å². The smallest absolute Gasteiger partial charge is 0.272 e. The van der Waals surface area contributed by atoms with E-state index in [1.807, 2.05) is 0 Å². The second kappa shape index (κ2) is 4.85. The first-order valence-corrected chi connectivity index (χ1v) is 5.56. The molecule has 0 atom stereocenters. The van der Waals surface area contributed by atoms with Crippen molar-refractivity contribution in [1.29, 1.82) is 0 Å². The van der Waals surface area contributed by atoms with Gasteiger partial charge in [-0.15, -0.1) is 0 Å². The second-order valence-electron chi connectivity index (χ2n) is 3.43. The van der Waals surface area contributed by atoms with Gasteiger partial charge in [0.2, 0.25) is 0 Å². The van der Waals surface area contributed by atoms with Gasteiger partial charge in [-0.05, 0) is 22.0 Å². The van der Waals surface area contributed by atoms with E-state index in [9.17, 15) is 18.0 Å². The number of carbonyl (C=O) groups is 1. The van der Waals surface area contributed by atoms with Crippen molar-refractivity contribution >= 4 is 27.5 Å². The molecule has 2 rings (SSSR count). The molecule has 94 valence electrons. The first-order chi connectivity index (χ1) is 8.47. The third-order valence-electron chi connectivity index (χ3n) is 2.15. The Balaban J connectivity index is 2.24. The summed E-state index contributed by atoms with van der Waals surface area (Å²) >= 11 is 3.13. The zero-order valence-corrected chi connectivity index (χ0v) is 10.3. The Kier molecular flexibility index (Phi) is 3.42. The number of anilines is 1. The van der Waals surface area contributed by atoms with Gasteiger partial charge in [-0.25, -0.2) is 13.2 Å². The minimum Gasteiger partial charge on any atom is -0.356 e. The number of carbonyl (C=O) groups excluding carboxylic acids is 1. The van der Waals surface area contributed by atoms with Crippen LogP contribution in [0.4, 0.5) is 18.9 Å². The molecule has 0 aliphatic heterocycles. The number of rotatable bonds is 2. The number of aromatic nitrogens is 1.